The van der Waals surface area contributed by atoms with Crippen molar-refractivity contribution in [3.63, 3.8) is 0 Å². The van der Waals surface area contributed by atoms with Crippen LogP contribution in [0.4, 0.5) is 0 Å². The molecule has 3 nitrogen and oxygen atoms in total. The maximum atomic E-state index is 4.61. The fraction of sp³-hybridized carbons (Fsp3) is 0.176. The molecule has 188 valence electrons. The van der Waals surface area contributed by atoms with Crippen LogP contribution in [0.15, 0.2) is 97.2 Å². The van der Waals surface area contributed by atoms with E-state index in [0.29, 0.717) is 0 Å². The molecule has 0 aliphatic heterocycles. The average molecular weight is 514 g/mol. The Bertz CT molecular complexity index is 1880. The molecule has 38 heavy (non-hydrogen) atoms. The van der Waals surface area contributed by atoms with E-state index < -0.39 is 0 Å². The van der Waals surface area contributed by atoms with Gasteiger partial charge in [-0.1, -0.05) is 119 Å². The van der Waals surface area contributed by atoms with Gasteiger partial charge in [0, 0.05) is 37.3 Å². The summed E-state index contributed by atoms with van der Waals surface area (Å²) in [6.45, 7) is 6.47. The summed E-state index contributed by atoms with van der Waals surface area (Å²) in [5, 5.41) is 14.3. The van der Waals surface area contributed by atoms with Gasteiger partial charge in [-0.25, -0.2) is 0 Å². The van der Waals surface area contributed by atoms with E-state index in [4.69, 9.17) is 0 Å². The number of thiophene rings is 1. The van der Waals surface area contributed by atoms with E-state index in [2.05, 4.69) is 133 Å². The van der Waals surface area contributed by atoms with Crippen molar-refractivity contribution in [3.05, 3.63) is 103 Å². The lowest BCUT2D eigenvalue weighted by molar-refractivity contribution is 0.918. The number of fused-ring (bicyclic) bond motifs is 6. The molecule has 0 N–H and O–H groups in total. The highest BCUT2D eigenvalue weighted by Crippen LogP contribution is 2.40. The Labute approximate surface area is 227 Å². The minimum Gasteiger partial charge on any atom is -0.282 e. The zero-order chi connectivity index (χ0) is 26.1. The third kappa shape index (κ3) is 4.15. The lowest BCUT2D eigenvalue weighted by Gasteiger charge is -2.09. The molecule has 3 aromatic heterocycles. The van der Waals surface area contributed by atoms with Gasteiger partial charge >= 0.3 is 0 Å². The SMILES string of the molecule is CCC.CCCc1cn2c(-c3ccc(-c4cccc5c4sc4ccccc45)cc3)nnc2c2ccccc12. The van der Waals surface area contributed by atoms with E-state index in [9.17, 15) is 0 Å². The summed E-state index contributed by atoms with van der Waals surface area (Å²) in [7, 11) is 0. The molecule has 0 saturated heterocycles. The molecular weight excluding hydrogens is 482 g/mol. The second-order valence-corrected chi connectivity index (χ2v) is 10.8. The van der Waals surface area contributed by atoms with Crippen molar-refractivity contribution >= 4 is 47.9 Å². The number of aryl methyl sites for hydroxylation is 1. The van der Waals surface area contributed by atoms with Crippen LogP contribution in [0.3, 0.4) is 0 Å². The molecule has 3 heterocycles. The summed E-state index contributed by atoms with van der Waals surface area (Å²) >= 11 is 1.87. The smallest absolute Gasteiger partial charge is 0.168 e. The van der Waals surface area contributed by atoms with Crippen molar-refractivity contribution in [2.45, 2.75) is 40.0 Å². The number of pyridine rings is 1. The Balaban J connectivity index is 0.000000843. The maximum Gasteiger partial charge on any atom is 0.168 e. The number of hydrogen-bond donors (Lipinski definition) is 0. The molecule has 0 aliphatic carbocycles. The Morgan fingerprint density at radius 1 is 0.658 bits per heavy atom. The quantitative estimate of drug-likeness (QED) is 0.234. The van der Waals surface area contributed by atoms with Crippen LogP contribution < -0.4 is 0 Å². The highest BCUT2D eigenvalue weighted by molar-refractivity contribution is 7.26. The molecule has 0 fully saturated rings. The second kappa shape index (κ2) is 10.4. The molecule has 0 aliphatic rings. The Kier molecular flexibility index (Phi) is 6.65. The summed E-state index contributed by atoms with van der Waals surface area (Å²) in [4.78, 5) is 0. The average Bonchev–Trinajstić information content (AvgIpc) is 3.56. The summed E-state index contributed by atoms with van der Waals surface area (Å²) < 4.78 is 4.83. The summed E-state index contributed by atoms with van der Waals surface area (Å²) in [5.74, 6) is 0.884. The molecule has 0 saturated carbocycles. The normalized spacial score (nSPS) is 11.3. The molecule has 0 atom stereocenters. The lowest BCUT2D eigenvalue weighted by Crippen LogP contribution is -1.96. The van der Waals surface area contributed by atoms with Crippen molar-refractivity contribution in [2.24, 2.45) is 0 Å². The highest BCUT2D eigenvalue weighted by Gasteiger charge is 2.15. The van der Waals surface area contributed by atoms with Gasteiger partial charge in [0.05, 0.1) is 0 Å². The van der Waals surface area contributed by atoms with Crippen LogP contribution in [-0.2, 0) is 6.42 Å². The van der Waals surface area contributed by atoms with Crippen LogP contribution >= 0.6 is 11.3 Å². The van der Waals surface area contributed by atoms with Crippen LogP contribution in [-0.4, -0.2) is 14.6 Å². The minimum absolute atomic E-state index is 0.884. The topological polar surface area (TPSA) is 30.2 Å². The monoisotopic (exact) mass is 513 g/mol. The summed E-state index contributed by atoms with van der Waals surface area (Å²) in [6.07, 6.45) is 5.61. The fourth-order valence-electron chi connectivity index (χ4n) is 5.22. The van der Waals surface area contributed by atoms with Crippen LogP contribution in [0.2, 0.25) is 0 Å². The molecule has 0 radical (unpaired) electrons. The zero-order valence-electron chi connectivity index (χ0n) is 22.1. The fourth-order valence-corrected chi connectivity index (χ4v) is 6.46. The predicted octanol–water partition coefficient (Wildman–Crippen LogP) is 9.95. The first-order valence-electron chi connectivity index (χ1n) is 13.5. The summed E-state index contributed by atoms with van der Waals surface area (Å²) in [5.41, 5.74) is 5.82. The van der Waals surface area contributed by atoms with Gasteiger partial charge in [-0.3, -0.25) is 4.40 Å². The second-order valence-electron chi connectivity index (χ2n) is 9.73. The van der Waals surface area contributed by atoms with Gasteiger partial charge in [0.2, 0.25) is 0 Å². The van der Waals surface area contributed by atoms with Gasteiger partial charge in [0.15, 0.2) is 11.5 Å². The van der Waals surface area contributed by atoms with Gasteiger partial charge in [0.1, 0.15) is 0 Å². The standard InChI is InChI=1S/C31H23N3S.C3H8/c1-2-8-22-19-34-30(32-33-31(34)27-11-4-3-9-23(22)27)21-17-15-20(16-18-21)24-12-7-13-26-25-10-5-6-14-28(25)35-29(24)26;1-3-2/h3-7,9-19H,2,8H2,1H3;3H2,1-2H3. The number of nitrogens with zero attached hydrogens (tertiary/aromatic N) is 3. The molecule has 4 heteroatoms. The largest absolute Gasteiger partial charge is 0.282 e. The molecule has 7 aromatic rings. The van der Waals surface area contributed by atoms with Crippen LogP contribution in [0.25, 0.3) is 59.1 Å². The first-order valence-corrected chi connectivity index (χ1v) is 14.3. The number of aromatic nitrogens is 3. The molecule has 0 unspecified atom stereocenters. The van der Waals surface area contributed by atoms with Gasteiger partial charge < -0.3 is 0 Å². The third-order valence-electron chi connectivity index (χ3n) is 6.87. The highest BCUT2D eigenvalue weighted by atomic mass is 32.1. The first-order chi connectivity index (χ1) is 18.7. The zero-order valence-corrected chi connectivity index (χ0v) is 22.9. The maximum absolute atomic E-state index is 4.61. The number of rotatable bonds is 4. The van der Waals surface area contributed by atoms with E-state index in [0.717, 1.165) is 35.3 Å². The van der Waals surface area contributed by atoms with Crippen molar-refractivity contribution in [2.75, 3.05) is 0 Å². The number of benzene rings is 4. The van der Waals surface area contributed by atoms with Gasteiger partial charge in [-0.05, 0) is 34.6 Å². The van der Waals surface area contributed by atoms with Gasteiger partial charge in [0.25, 0.3) is 0 Å². The Morgan fingerprint density at radius 2 is 1.32 bits per heavy atom. The van der Waals surface area contributed by atoms with Gasteiger partial charge in [-0.2, -0.15) is 0 Å². The van der Waals surface area contributed by atoms with Gasteiger partial charge in [-0.15, -0.1) is 21.5 Å². The Morgan fingerprint density at radius 3 is 2.08 bits per heavy atom. The third-order valence-corrected chi connectivity index (χ3v) is 8.09. The van der Waals surface area contributed by atoms with Crippen molar-refractivity contribution < 1.29 is 0 Å². The van der Waals surface area contributed by atoms with Crippen molar-refractivity contribution in [1.29, 1.82) is 0 Å². The molecule has 7 rings (SSSR count). The van der Waals surface area contributed by atoms with E-state index in [1.54, 1.807) is 0 Å². The predicted molar refractivity (Wildman–Crippen MR) is 164 cm³/mol. The van der Waals surface area contributed by atoms with Crippen LogP contribution in [0, 0.1) is 0 Å². The lowest BCUT2D eigenvalue weighted by atomic mass is 10.0. The van der Waals surface area contributed by atoms with Crippen LogP contribution in [0.5, 0.6) is 0 Å². The molecule has 0 spiro atoms. The number of hydrogen-bond acceptors (Lipinski definition) is 3. The molecule has 0 bridgehead atoms. The van der Waals surface area contributed by atoms with Crippen molar-refractivity contribution in [3.8, 4) is 22.5 Å². The minimum atomic E-state index is 0.884. The Hall–Kier alpha value is -4.02. The molecule has 0 amide bonds. The molecule has 4 aromatic carbocycles. The molecular formula is C34H31N3S. The van der Waals surface area contributed by atoms with E-state index in [1.807, 2.05) is 11.3 Å². The van der Waals surface area contributed by atoms with Crippen LogP contribution in [0.1, 0.15) is 39.2 Å². The van der Waals surface area contributed by atoms with Crippen molar-refractivity contribution in [1.82, 2.24) is 14.6 Å². The van der Waals surface area contributed by atoms with E-state index in [-0.39, 0.29) is 0 Å². The first kappa shape index (κ1) is 24.3. The van der Waals surface area contributed by atoms with E-state index in [1.165, 1.54) is 48.7 Å². The van der Waals surface area contributed by atoms with E-state index >= 15 is 0 Å². The summed E-state index contributed by atoms with van der Waals surface area (Å²) in [6, 6.07) is 32.6.